The van der Waals surface area contributed by atoms with E-state index in [9.17, 15) is 16.8 Å². The summed E-state index contributed by atoms with van der Waals surface area (Å²) >= 11 is 3.47. The third-order valence-electron chi connectivity index (χ3n) is 5.67. The standard InChI is InChI=1S/C26H20BrN3O4S2/c27-23-16-24(30-35(31,32)25-14-7-9-18-8-1-2-11-20(18)25)26(22-13-4-3-12-21(22)23)36(33,34)29-17-19-10-5-6-15-28-19/h1-16,29-30H,17H2. The Labute approximate surface area is 217 Å². The van der Waals surface area contributed by atoms with Gasteiger partial charge in [-0.25, -0.2) is 21.6 Å². The molecule has 0 spiro atoms. The molecule has 1 heterocycles. The fraction of sp³-hybridized carbons (Fsp3) is 0.0385. The molecule has 0 atom stereocenters. The average molecular weight is 583 g/mol. The molecule has 0 amide bonds. The van der Waals surface area contributed by atoms with Crippen molar-refractivity contribution in [2.75, 3.05) is 4.72 Å². The van der Waals surface area contributed by atoms with Crippen LogP contribution < -0.4 is 9.44 Å². The number of aromatic nitrogens is 1. The molecule has 10 heteroatoms. The van der Waals surface area contributed by atoms with Gasteiger partial charge in [-0.05, 0) is 35.0 Å². The summed E-state index contributed by atoms with van der Waals surface area (Å²) in [6.07, 6.45) is 1.57. The van der Waals surface area contributed by atoms with Crippen molar-refractivity contribution in [2.45, 2.75) is 16.3 Å². The first kappa shape index (κ1) is 24.4. The Morgan fingerprint density at radius 1 is 0.722 bits per heavy atom. The number of fused-ring (bicyclic) bond motifs is 2. The molecule has 1 aromatic heterocycles. The third-order valence-corrected chi connectivity index (χ3v) is 9.25. The summed E-state index contributed by atoms with van der Waals surface area (Å²) in [5.41, 5.74) is 0.461. The van der Waals surface area contributed by atoms with Crippen LogP contribution in [0.25, 0.3) is 21.5 Å². The van der Waals surface area contributed by atoms with Crippen molar-refractivity contribution in [1.29, 1.82) is 0 Å². The van der Waals surface area contributed by atoms with Crippen molar-refractivity contribution in [1.82, 2.24) is 9.71 Å². The number of halogens is 1. The van der Waals surface area contributed by atoms with Crippen molar-refractivity contribution in [2.24, 2.45) is 0 Å². The summed E-state index contributed by atoms with van der Waals surface area (Å²) in [7, 11) is -8.32. The van der Waals surface area contributed by atoms with Gasteiger partial charge in [0, 0.05) is 21.4 Å². The predicted molar refractivity (Wildman–Crippen MR) is 145 cm³/mol. The minimum absolute atomic E-state index is 0.0506. The van der Waals surface area contributed by atoms with Crippen LogP contribution in [-0.2, 0) is 26.6 Å². The average Bonchev–Trinajstić information content (AvgIpc) is 2.87. The number of sulfonamides is 2. The number of nitrogens with one attached hydrogen (secondary N) is 2. The Bertz CT molecular complexity index is 1800. The van der Waals surface area contributed by atoms with Gasteiger partial charge in [0.05, 0.1) is 22.8 Å². The Morgan fingerprint density at radius 3 is 2.14 bits per heavy atom. The summed E-state index contributed by atoms with van der Waals surface area (Å²) in [5.74, 6) is 0. The second kappa shape index (κ2) is 9.62. The lowest BCUT2D eigenvalue weighted by Crippen LogP contribution is -2.26. The molecule has 5 rings (SSSR count). The lowest BCUT2D eigenvalue weighted by molar-refractivity contribution is 0.581. The van der Waals surface area contributed by atoms with Crippen LogP contribution in [0.4, 0.5) is 5.69 Å². The highest BCUT2D eigenvalue weighted by atomic mass is 79.9. The monoisotopic (exact) mass is 581 g/mol. The van der Waals surface area contributed by atoms with Crippen LogP contribution >= 0.6 is 15.9 Å². The van der Waals surface area contributed by atoms with Gasteiger partial charge in [-0.1, -0.05) is 82.7 Å². The molecule has 7 nitrogen and oxygen atoms in total. The van der Waals surface area contributed by atoms with Gasteiger partial charge in [0.1, 0.15) is 4.90 Å². The molecule has 0 saturated carbocycles. The van der Waals surface area contributed by atoms with E-state index in [1.807, 2.05) is 18.2 Å². The van der Waals surface area contributed by atoms with E-state index >= 15 is 0 Å². The van der Waals surface area contributed by atoms with Crippen LogP contribution in [0.5, 0.6) is 0 Å². The smallest absolute Gasteiger partial charge is 0.262 e. The minimum Gasteiger partial charge on any atom is -0.278 e. The molecule has 0 fully saturated rings. The van der Waals surface area contributed by atoms with Crippen molar-refractivity contribution in [3.05, 3.63) is 107 Å². The van der Waals surface area contributed by atoms with E-state index in [2.05, 4.69) is 30.4 Å². The van der Waals surface area contributed by atoms with Crippen molar-refractivity contribution in [3.8, 4) is 0 Å². The summed E-state index contributed by atoms with van der Waals surface area (Å²) in [5, 5.41) is 2.29. The van der Waals surface area contributed by atoms with Gasteiger partial charge in [-0.15, -0.1) is 0 Å². The number of hydrogen-bond acceptors (Lipinski definition) is 5. The molecule has 0 radical (unpaired) electrons. The molecule has 0 bridgehead atoms. The largest absolute Gasteiger partial charge is 0.278 e. The topological polar surface area (TPSA) is 105 Å². The lowest BCUT2D eigenvalue weighted by atomic mass is 10.1. The number of benzene rings is 4. The third kappa shape index (κ3) is 4.72. The van der Waals surface area contributed by atoms with Gasteiger partial charge < -0.3 is 0 Å². The molecule has 5 aromatic rings. The Kier molecular flexibility index (Phi) is 6.52. The number of anilines is 1. The first-order valence-corrected chi connectivity index (χ1v) is 14.6. The maximum atomic E-state index is 13.6. The molecule has 0 aliphatic carbocycles. The van der Waals surface area contributed by atoms with E-state index in [-0.39, 0.29) is 22.0 Å². The Morgan fingerprint density at radius 2 is 1.39 bits per heavy atom. The van der Waals surface area contributed by atoms with Crippen molar-refractivity contribution >= 4 is 63.2 Å². The van der Waals surface area contributed by atoms with E-state index < -0.39 is 20.0 Å². The minimum atomic E-state index is -4.17. The van der Waals surface area contributed by atoms with Crippen LogP contribution in [0.2, 0.25) is 0 Å². The molecule has 0 aliphatic rings. The lowest BCUT2D eigenvalue weighted by Gasteiger charge is -2.18. The molecule has 2 N–H and O–H groups in total. The highest BCUT2D eigenvalue weighted by Crippen LogP contribution is 2.37. The summed E-state index contributed by atoms with van der Waals surface area (Å²) < 4.78 is 60.0. The van der Waals surface area contributed by atoms with E-state index in [1.165, 1.54) is 12.1 Å². The number of pyridine rings is 1. The van der Waals surface area contributed by atoms with Gasteiger partial charge in [-0.3, -0.25) is 9.71 Å². The maximum Gasteiger partial charge on any atom is 0.262 e. The molecule has 0 aliphatic heterocycles. The molecule has 0 unspecified atom stereocenters. The zero-order valence-electron chi connectivity index (χ0n) is 18.7. The van der Waals surface area contributed by atoms with Crippen LogP contribution in [0.1, 0.15) is 5.69 Å². The van der Waals surface area contributed by atoms with Crippen LogP contribution in [-0.4, -0.2) is 21.8 Å². The van der Waals surface area contributed by atoms with Gasteiger partial charge in [0.25, 0.3) is 10.0 Å². The fourth-order valence-electron chi connectivity index (χ4n) is 4.04. The van der Waals surface area contributed by atoms with Crippen molar-refractivity contribution < 1.29 is 16.8 Å². The Hall–Kier alpha value is -3.31. The predicted octanol–water partition coefficient (Wildman–Crippen LogP) is 5.43. The summed E-state index contributed by atoms with van der Waals surface area (Å²) in [6, 6.07) is 25.6. The normalized spacial score (nSPS) is 12.1. The Balaban J connectivity index is 1.65. The maximum absolute atomic E-state index is 13.6. The molecular formula is C26H20BrN3O4S2. The second-order valence-electron chi connectivity index (χ2n) is 8.01. The van der Waals surface area contributed by atoms with E-state index in [0.717, 1.165) is 5.39 Å². The van der Waals surface area contributed by atoms with E-state index in [4.69, 9.17) is 0 Å². The molecule has 36 heavy (non-hydrogen) atoms. The fourth-order valence-corrected chi connectivity index (χ4v) is 7.33. The zero-order valence-corrected chi connectivity index (χ0v) is 21.9. The quantitative estimate of drug-likeness (QED) is 0.266. The first-order valence-electron chi connectivity index (χ1n) is 10.9. The van der Waals surface area contributed by atoms with Gasteiger partial charge >= 0.3 is 0 Å². The highest BCUT2D eigenvalue weighted by molar-refractivity contribution is 9.10. The van der Waals surface area contributed by atoms with Crippen LogP contribution in [0.3, 0.4) is 0 Å². The van der Waals surface area contributed by atoms with Gasteiger partial charge in [0.15, 0.2) is 0 Å². The van der Waals surface area contributed by atoms with Gasteiger partial charge in [0.2, 0.25) is 10.0 Å². The van der Waals surface area contributed by atoms with Crippen LogP contribution in [0.15, 0.2) is 111 Å². The zero-order chi connectivity index (χ0) is 25.3. The molecule has 182 valence electrons. The first-order chi connectivity index (χ1) is 17.3. The van der Waals surface area contributed by atoms with Gasteiger partial charge in [-0.2, -0.15) is 0 Å². The van der Waals surface area contributed by atoms with E-state index in [0.29, 0.717) is 26.3 Å². The SMILES string of the molecule is O=S(=O)(Nc1cc(Br)c2ccccc2c1S(=O)(=O)NCc1ccccn1)c1cccc2ccccc12. The molecular weight excluding hydrogens is 562 g/mol. The number of hydrogen-bond donors (Lipinski definition) is 2. The highest BCUT2D eigenvalue weighted by Gasteiger charge is 2.27. The second-order valence-corrected chi connectivity index (χ2v) is 12.2. The van der Waals surface area contributed by atoms with E-state index in [1.54, 1.807) is 66.9 Å². The van der Waals surface area contributed by atoms with Crippen LogP contribution in [0, 0.1) is 0 Å². The summed E-state index contributed by atoms with van der Waals surface area (Å²) in [4.78, 5) is 4.04. The molecule has 4 aromatic carbocycles. The number of rotatable bonds is 7. The number of nitrogens with zero attached hydrogens (tertiary/aromatic N) is 1. The summed E-state index contributed by atoms with van der Waals surface area (Å²) in [6.45, 7) is -0.0525. The van der Waals surface area contributed by atoms with Crippen molar-refractivity contribution in [3.63, 3.8) is 0 Å². The molecule has 0 saturated heterocycles.